The summed E-state index contributed by atoms with van der Waals surface area (Å²) in [6, 6.07) is 10.4. The molecule has 1 aromatic rings. The van der Waals surface area contributed by atoms with Crippen LogP contribution in [0.3, 0.4) is 0 Å². The first-order valence-corrected chi connectivity index (χ1v) is 9.43. The predicted molar refractivity (Wildman–Crippen MR) is 106 cm³/mol. The zero-order chi connectivity index (χ0) is 19.4. The maximum Gasteiger partial charge on any atom is 0.144 e. The SMILES string of the molecule is C[C@@H](CNC1(C(O)N(C)/C=C\N)C[C@H]1Cc1ccccc1)OC(C)(C)C. The third-order valence-electron chi connectivity index (χ3n) is 4.92. The third kappa shape index (κ3) is 5.47. The van der Waals surface area contributed by atoms with Crippen molar-refractivity contribution >= 4 is 0 Å². The Hall–Kier alpha value is -1.56. The molecule has 5 nitrogen and oxygen atoms in total. The minimum atomic E-state index is -0.641. The second kappa shape index (κ2) is 8.42. The summed E-state index contributed by atoms with van der Waals surface area (Å²) in [6.07, 6.45) is 4.45. The predicted octanol–water partition coefficient (Wildman–Crippen LogP) is 2.46. The van der Waals surface area contributed by atoms with Crippen molar-refractivity contribution in [1.82, 2.24) is 10.2 Å². The van der Waals surface area contributed by atoms with Crippen molar-refractivity contribution in [3.05, 3.63) is 48.3 Å². The summed E-state index contributed by atoms with van der Waals surface area (Å²) >= 11 is 0. The van der Waals surface area contributed by atoms with E-state index in [0.717, 1.165) is 12.8 Å². The average molecular weight is 362 g/mol. The lowest BCUT2D eigenvalue weighted by Gasteiger charge is -2.34. The molecule has 0 aromatic heterocycles. The molecule has 2 rings (SSSR count). The van der Waals surface area contributed by atoms with E-state index in [4.69, 9.17) is 10.5 Å². The first kappa shape index (κ1) is 20.7. The summed E-state index contributed by atoms with van der Waals surface area (Å²) in [4.78, 5) is 1.77. The number of ether oxygens (including phenoxy) is 1. The third-order valence-corrected chi connectivity index (χ3v) is 4.92. The standard InChI is InChI=1S/C21H35N3O2/c1-16(26-20(2,3)4)15-23-21(19(25)24(5)12-11-22)14-18(21)13-17-9-7-6-8-10-17/h6-12,16,18-19,23,25H,13-15,22H2,1-5H3/b12-11-/t16-,18+,19?,21?/m0/s1. The molecule has 1 saturated carbocycles. The number of hydrogen-bond donors (Lipinski definition) is 3. The summed E-state index contributed by atoms with van der Waals surface area (Å²) in [5.41, 5.74) is 6.27. The van der Waals surface area contributed by atoms with Crippen molar-refractivity contribution in [1.29, 1.82) is 0 Å². The topological polar surface area (TPSA) is 70.8 Å². The fourth-order valence-electron chi connectivity index (χ4n) is 3.69. The van der Waals surface area contributed by atoms with Crippen LogP contribution in [0, 0.1) is 5.92 Å². The molecule has 0 amide bonds. The lowest BCUT2D eigenvalue weighted by Crippen LogP contribution is -2.53. The van der Waals surface area contributed by atoms with E-state index in [1.54, 1.807) is 11.1 Å². The molecule has 26 heavy (non-hydrogen) atoms. The quantitative estimate of drug-likeness (QED) is 0.590. The summed E-state index contributed by atoms with van der Waals surface area (Å²) in [5, 5.41) is 14.6. The molecule has 0 saturated heterocycles. The first-order valence-electron chi connectivity index (χ1n) is 9.43. The van der Waals surface area contributed by atoms with Gasteiger partial charge in [-0.05, 0) is 52.0 Å². The van der Waals surface area contributed by atoms with Crippen LogP contribution in [0.25, 0.3) is 0 Å². The Bertz CT molecular complexity index is 585. The highest BCUT2D eigenvalue weighted by atomic mass is 16.5. The molecule has 4 N–H and O–H groups in total. The molecule has 4 atom stereocenters. The largest absolute Gasteiger partial charge is 0.403 e. The smallest absolute Gasteiger partial charge is 0.144 e. The van der Waals surface area contributed by atoms with Crippen LogP contribution < -0.4 is 11.1 Å². The van der Waals surface area contributed by atoms with Crippen LogP contribution in [0.15, 0.2) is 42.7 Å². The van der Waals surface area contributed by atoms with Gasteiger partial charge in [0.25, 0.3) is 0 Å². The van der Waals surface area contributed by atoms with Crippen molar-refractivity contribution in [2.75, 3.05) is 13.6 Å². The van der Waals surface area contributed by atoms with E-state index in [2.05, 4.69) is 57.3 Å². The highest BCUT2D eigenvalue weighted by Crippen LogP contribution is 2.49. The Morgan fingerprint density at radius 3 is 2.62 bits per heavy atom. The van der Waals surface area contributed by atoms with Gasteiger partial charge < -0.3 is 25.8 Å². The first-order chi connectivity index (χ1) is 12.2. The Labute approximate surface area is 158 Å². The van der Waals surface area contributed by atoms with Gasteiger partial charge in [-0.3, -0.25) is 0 Å². The number of likely N-dealkylation sites (N-methyl/N-ethyl adjacent to an activating group) is 1. The van der Waals surface area contributed by atoms with Crippen molar-refractivity contribution < 1.29 is 9.84 Å². The normalized spacial score (nSPS) is 25.2. The highest BCUT2D eigenvalue weighted by molar-refractivity contribution is 5.23. The summed E-state index contributed by atoms with van der Waals surface area (Å²) in [7, 11) is 1.85. The summed E-state index contributed by atoms with van der Waals surface area (Å²) in [6.45, 7) is 8.94. The molecule has 5 heteroatoms. The van der Waals surface area contributed by atoms with Crippen LogP contribution in [0.2, 0.25) is 0 Å². The number of nitrogens with one attached hydrogen (secondary N) is 1. The van der Waals surface area contributed by atoms with Crippen molar-refractivity contribution in [2.24, 2.45) is 11.7 Å². The molecule has 146 valence electrons. The van der Waals surface area contributed by atoms with Crippen LogP contribution in [0.4, 0.5) is 0 Å². The molecule has 0 radical (unpaired) electrons. The second-order valence-electron chi connectivity index (χ2n) is 8.43. The number of aliphatic hydroxyl groups is 1. The van der Waals surface area contributed by atoms with Gasteiger partial charge in [0.2, 0.25) is 0 Å². The summed E-state index contributed by atoms with van der Waals surface area (Å²) < 4.78 is 6.01. The fourth-order valence-corrected chi connectivity index (χ4v) is 3.69. The number of hydrogen-bond acceptors (Lipinski definition) is 5. The fraction of sp³-hybridized carbons (Fsp3) is 0.619. The minimum Gasteiger partial charge on any atom is -0.403 e. The molecule has 1 aliphatic carbocycles. The van der Waals surface area contributed by atoms with Crippen LogP contribution in [-0.2, 0) is 11.2 Å². The molecular weight excluding hydrogens is 326 g/mol. The van der Waals surface area contributed by atoms with Gasteiger partial charge >= 0.3 is 0 Å². The van der Waals surface area contributed by atoms with E-state index in [-0.39, 0.29) is 17.2 Å². The number of nitrogens with zero attached hydrogens (tertiary/aromatic N) is 1. The zero-order valence-electron chi connectivity index (χ0n) is 16.8. The van der Waals surface area contributed by atoms with Gasteiger partial charge in [-0.1, -0.05) is 30.3 Å². The van der Waals surface area contributed by atoms with E-state index in [1.807, 2.05) is 13.1 Å². The Kier molecular flexibility index (Phi) is 6.72. The minimum absolute atomic E-state index is 0.0624. The zero-order valence-corrected chi connectivity index (χ0v) is 16.8. The number of nitrogens with two attached hydrogens (primary N) is 1. The maximum atomic E-state index is 10.9. The van der Waals surface area contributed by atoms with E-state index < -0.39 is 6.23 Å². The average Bonchev–Trinajstić information content (AvgIpc) is 3.26. The second-order valence-corrected chi connectivity index (χ2v) is 8.43. The Balaban J connectivity index is 2.06. The van der Waals surface area contributed by atoms with E-state index >= 15 is 0 Å². The van der Waals surface area contributed by atoms with Crippen LogP contribution in [0.5, 0.6) is 0 Å². The van der Waals surface area contributed by atoms with E-state index in [1.165, 1.54) is 11.8 Å². The molecule has 1 aliphatic rings. The molecule has 2 unspecified atom stereocenters. The molecule has 1 aromatic carbocycles. The van der Waals surface area contributed by atoms with Gasteiger partial charge in [-0.2, -0.15) is 0 Å². The van der Waals surface area contributed by atoms with E-state index in [9.17, 15) is 5.11 Å². The van der Waals surface area contributed by atoms with Crippen LogP contribution in [-0.4, -0.2) is 47.1 Å². The molecule has 0 bridgehead atoms. The van der Waals surface area contributed by atoms with E-state index in [0.29, 0.717) is 12.5 Å². The van der Waals surface area contributed by atoms with Gasteiger partial charge in [0.1, 0.15) is 6.23 Å². The Morgan fingerprint density at radius 2 is 2.04 bits per heavy atom. The van der Waals surface area contributed by atoms with Crippen molar-refractivity contribution in [2.45, 2.75) is 64.0 Å². The van der Waals surface area contributed by atoms with Gasteiger partial charge in [0, 0.05) is 26.0 Å². The Morgan fingerprint density at radius 1 is 1.38 bits per heavy atom. The van der Waals surface area contributed by atoms with Gasteiger partial charge in [-0.15, -0.1) is 0 Å². The monoisotopic (exact) mass is 361 g/mol. The van der Waals surface area contributed by atoms with Crippen molar-refractivity contribution in [3.63, 3.8) is 0 Å². The van der Waals surface area contributed by atoms with Crippen LogP contribution in [0.1, 0.15) is 39.7 Å². The molecular formula is C21H35N3O2. The molecule has 0 aliphatic heterocycles. The number of benzene rings is 1. The lowest BCUT2D eigenvalue weighted by molar-refractivity contribution is -0.0574. The number of rotatable bonds is 9. The van der Waals surface area contributed by atoms with Crippen LogP contribution >= 0.6 is 0 Å². The molecule has 1 fully saturated rings. The van der Waals surface area contributed by atoms with Gasteiger partial charge in [0.05, 0.1) is 17.2 Å². The number of aliphatic hydroxyl groups excluding tert-OH is 1. The van der Waals surface area contributed by atoms with Gasteiger partial charge in [0.15, 0.2) is 0 Å². The summed E-state index contributed by atoms with van der Waals surface area (Å²) in [5.74, 6) is 0.371. The maximum absolute atomic E-state index is 10.9. The van der Waals surface area contributed by atoms with Gasteiger partial charge in [-0.25, -0.2) is 0 Å². The molecule has 0 heterocycles. The highest BCUT2D eigenvalue weighted by Gasteiger charge is 2.59. The lowest BCUT2D eigenvalue weighted by atomic mass is 10.0. The molecule has 0 spiro atoms. The van der Waals surface area contributed by atoms with Crippen molar-refractivity contribution in [3.8, 4) is 0 Å².